The predicted octanol–water partition coefficient (Wildman–Crippen LogP) is 2.91. The highest BCUT2D eigenvalue weighted by atomic mass is 16.6. The molecule has 0 fully saturated rings. The Morgan fingerprint density at radius 3 is 1.20 bits per heavy atom. The normalized spacial score (nSPS) is 8.70. The van der Waals surface area contributed by atoms with Crippen molar-refractivity contribution >= 4 is 11.9 Å². The van der Waals surface area contributed by atoms with Crippen molar-refractivity contribution in [3.8, 4) is 0 Å². The van der Waals surface area contributed by atoms with Gasteiger partial charge in [0, 0.05) is 11.1 Å². The molecule has 0 radical (unpaired) electrons. The quantitative estimate of drug-likeness (QED) is 0.471. The lowest BCUT2D eigenvalue weighted by atomic mass is 10.4. The average molecular weight is 276 g/mol. The molecule has 0 aliphatic heterocycles. The molecule has 0 spiro atoms. The first kappa shape index (κ1) is 17.6. The summed E-state index contributed by atoms with van der Waals surface area (Å²) in [5, 5.41) is 0. The topological polar surface area (TPSA) is 52.6 Å². The standard InChI is InChI=1S/C10H14O4.C6H6/c1-7(2)9(11)13-5-6-14-10(12)8(3)4;1-2-4-6-5-3-1/h1,3,5-6H2,2,4H3;1-6H. The third kappa shape index (κ3) is 9.65. The lowest BCUT2D eigenvalue weighted by Gasteiger charge is -2.05. The zero-order valence-corrected chi connectivity index (χ0v) is 11.9. The largest absolute Gasteiger partial charge is 0.459 e. The molecule has 0 saturated carbocycles. The van der Waals surface area contributed by atoms with Crippen molar-refractivity contribution in [3.63, 3.8) is 0 Å². The second-order valence-corrected chi connectivity index (χ2v) is 3.99. The summed E-state index contributed by atoms with van der Waals surface area (Å²) in [7, 11) is 0. The molecule has 0 aromatic heterocycles. The Hall–Kier alpha value is -2.36. The highest BCUT2D eigenvalue weighted by molar-refractivity contribution is 5.87. The molecular formula is C16H20O4. The first-order valence-electron chi connectivity index (χ1n) is 6.10. The van der Waals surface area contributed by atoms with E-state index in [0.717, 1.165) is 0 Å². The molecule has 0 amide bonds. The molecule has 4 nitrogen and oxygen atoms in total. The van der Waals surface area contributed by atoms with E-state index in [-0.39, 0.29) is 13.2 Å². The van der Waals surface area contributed by atoms with Crippen LogP contribution in [-0.2, 0) is 19.1 Å². The summed E-state index contributed by atoms with van der Waals surface area (Å²) in [4.78, 5) is 21.7. The summed E-state index contributed by atoms with van der Waals surface area (Å²) in [6.07, 6.45) is 0. The van der Waals surface area contributed by atoms with Gasteiger partial charge >= 0.3 is 11.9 Å². The number of hydrogen-bond donors (Lipinski definition) is 0. The van der Waals surface area contributed by atoms with Crippen LogP contribution in [0.15, 0.2) is 60.7 Å². The van der Waals surface area contributed by atoms with Crippen LogP contribution < -0.4 is 0 Å². The number of hydrogen-bond acceptors (Lipinski definition) is 4. The maximum Gasteiger partial charge on any atom is 0.333 e. The molecule has 4 heteroatoms. The summed E-state index contributed by atoms with van der Waals surface area (Å²) in [6.45, 7) is 9.95. The van der Waals surface area contributed by atoms with E-state index in [9.17, 15) is 9.59 Å². The Bertz CT molecular complexity index is 394. The van der Waals surface area contributed by atoms with Gasteiger partial charge in [-0.2, -0.15) is 0 Å². The third-order valence-corrected chi connectivity index (χ3v) is 1.91. The van der Waals surface area contributed by atoms with Gasteiger partial charge in [-0.3, -0.25) is 0 Å². The maximum atomic E-state index is 10.8. The van der Waals surface area contributed by atoms with E-state index in [1.165, 1.54) is 0 Å². The molecular weight excluding hydrogens is 256 g/mol. The van der Waals surface area contributed by atoms with Crippen molar-refractivity contribution < 1.29 is 19.1 Å². The summed E-state index contributed by atoms with van der Waals surface area (Å²) in [5.74, 6) is -0.979. The first-order valence-corrected chi connectivity index (χ1v) is 6.10. The second-order valence-electron chi connectivity index (χ2n) is 3.99. The van der Waals surface area contributed by atoms with Crippen LogP contribution in [0.25, 0.3) is 0 Å². The monoisotopic (exact) mass is 276 g/mol. The third-order valence-electron chi connectivity index (χ3n) is 1.91. The highest BCUT2D eigenvalue weighted by Crippen LogP contribution is 1.94. The maximum absolute atomic E-state index is 10.8. The predicted molar refractivity (Wildman–Crippen MR) is 78.0 cm³/mol. The van der Waals surface area contributed by atoms with Gasteiger partial charge in [0.2, 0.25) is 0 Å². The van der Waals surface area contributed by atoms with E-state index < -0.39 is 11.9 Å². The molecule has 0 bridgehead atoms. The van der Waals surface area contributed by atoms with Crippen LogP contribution in [0.3, 0.4) is 0 Å². The Labute approximate surface area is 119 Å². The van der Waals surface area contributed by atoms with Gasteiger partial charge in [0.05, 0.1) is 0 Å². The molecule has 0 N–H and O–H groups in total. The Morgan fingerprint density at radius 1 is 0.750 bits per heavy atom. The highest BCUT2D eigenvalue weighted by Gasteiger charge is 2.05. The fourth-order valence-corrected chi connectivity index (χ4v) is 0.900. The van der Waals surface area contributed by atoms with Gasteiger partial charge in [-0.15, -0.1) is 0 Å². The zero-order valence-electron chi connectivity index (χ0n) is 11.9. The van der Waals surface area contributed by atoms with Crippen LogP contribution in [0, 0.1) is 0 Å². The molecule has 20 heavy (non-hydrogen) atoms. The minimum absolute atomic E-state index is 0.0325. The van der Waals surface area contributed by atoms with Gasteiger partial charge < -0.3 is 9.47 Å². The van der Waals surface area contributed by atoms with Gasteiger partial charge in [0.15, 0.2) is 0 Å². The number of rotatable bonds is 5. The molecule has 0 aliphatic carbocycles. The van der Waals surface area contributed by atoms with Crippen molar-refractivity contribution in [1.29, 1.82) is 0 Å². The van der Waals surface area contributed by atoms with Crippen molar-refractivity contribution in [1.82, 2.24) is 0 Å². The summed E-state index contributed by atoms with van der Waals surface area (Å²) in [6, 6.07) is 12.0. The molecule has 0 heterocycles. The van der Waals surface area contributed by atoms with Gasteiger partial charge in [-0.05, 0) is 13.8 Å². The van der Waals surface area contributed by atoms with E-state index in [1.807, 2.05) is 36.4 Å². The van der Waals surface area contributed by atoms with E-state index >= 15 is 0 Å². The van der Waals surface area contributed by atoms with Crippen molar-refractivity contribution in [2.45, 2.75) is 13.8 Å². The Kier molecular flexibility index (Phi) is 9.31. The number of carbonyl (C=O) groups excluding carboxylic acids is 2. The molecule has 0 unspecified atom stereocenters. The van der Waals surface area contributed by atoms with E-state index in [4.69, 9.17) is 0 Å². The van der Waals surface area contributed by atoms with Crippen LogP contribution in [-0.4, -0.2) is 25.2 Å². The average Bonchev–Trinajstić information content (AvgIpc) is 2.45. The van der Waals surface area contributed by atoms with Gasteiger partial charge in [-0.1, -0.05) is 49.6 Å². The number of benzene rings is 1. The van der Waals surface area contributed by atoms with Crippen LogP contribution in [0.4, 0.5) is 0 Å². The van der Waals surface area contributed by atoms with Gasteiger partial charge in [-0.25, -0.2) is 9.59 Å². The SMILES string of the molecule is C=C(C)C(=O)OCCOC(=O)C(=C)C.c1ccccc1. The minimum Gasteiger partial charge on any atom is -0.459 e. The van der Waals surface area contributed by atoms with Crippen molar-refractivity contribution in [2.24, 2.45) is 0 Å². The molecule has 0 aliphatic rings. The Morgan fingerprint density at radius 2 is 1.00 bits per heavy atom. The lowest BCUT2D eigenvalue weighted by molar-refractivity contribution is -0.147. The van der Waals surface area contributed by atoms with Crippen molar-refractivity contribution in [3.05, 3.63) is 60.7 Å². The summed E-state index contributed by atoms with van der Waals surface area (Å²) < 4.78 is 9.38. The van der Waals surface area contributed by atoms with Crippen molar-refractivity contribution in [2.75, 3.05) is 13.2 Å². The molecule has 0 atom stereocenters. The lowest BCUT2D eigenvalue weighted by Crippen LogP contribution is -2.14. The summed E-state index contributed by atoms with van der Waals surface area (Å²) in [5.41, 5.74) is 0.632. The zero-order chi connectivity index (χ0) is 15.4. The second kappa shape index (κ2) is 10.6. The molecule has 0 saturated heterocycles. The van der Waals surface area contributed by atoms with Gasteiger partial charge in [0.25, 0.3) is 0 Å². The van der Waals surface area contributed by atoms with E-state index in [2.05, 4.69) is 22.6 Å². The molecule has 1 aromatic rings. The van der Waals surface area contributed by atoms with Crippen LogP contribution in [0.2, 0.25) is 0 Å². The van der Waals surface area contributed by atoms with E-state index in [0.29, 0.717) is 11.1 Å². The fraction of sp³-hybridized carbons (Fsp3) is 0.250. The van der Waals surface area contributed by atoms with Crippen LogP contribution >= 0.6 is 0 Å². The molecule has 1 aromatic carbocycles. The number of ether oxygens (including phenoxy) is 2. The fourth-order valence-electron chi connectivity index (χ4n) is 0.900. The molecule has 108 valence electrons. The molecule has 1 rings (SSSR count). The summed E-state index contributed by atoms with van der Waals surface area (Å²) >= 11 is 0. The minimum atomic E-state index is -0.489. The number of esters is 2. The Balaban J connectivity index is 0.000000493. The smallest absolute Gasteiger partial charge is 0.333 e. The van der Waals surface area contributed by atoms with Crippen LogP contribution in [0.5, 0.6) is 0 Å². The first-order chi connectivity index (χ1) is 9.45. The van der Waals surface area contributed by atoms with Crippen LogP contribution in [0.1, 0.15) is 13.8 Å². The van der Waals surface area contributed by atoms with E-state index in [1.54, 1.807) is 13.8 Å². The number of carbonyl (C=O) groups is 2. The van der Waals surface area contributed by atoms with Gasteiger partial charge in [0.1, 0.15) is 13.2 Å².